The summed E-state index contributed by atoms with van der Waals surface area (Å²) in [5.41, 5.74) is 1.26. The lowest BCUT2D eigenvalue weighted by Gasteiger charge is -2.38. The summed E-state index contributed by atoms with van der Waals surface area (Å²) in [5, 5.41) is 9.02. The largest absolute Gasteiger partial charge is 0.467 e. The molecule has 0 radical (unpaired) electrons. The average Bonchev–Trinajstić information content (AvgIpc) is 3.32. The number of aromatic nitrogens is 4. The van der Waals surface area contributed by atoms with Crippen molar-refractivity contribution >= 4 is 5.95 Å². The Kier molecular flexibility index (Phi) is 4.72. The van der Waals surface area contributed by atoms with Gasteiger partial charge in [-0.15, -0.1) is 10.2 Å². The van der Waals surface area contributed by atoms with Gasteiger partial charge in [-0.25, -0.2) is 0 Å². The van der Waals surface area contributed by atoms with Crippen molar-refractivity contribution in [2.45, 2.75) is 52.1 Å². The molecule has 4 rings (SSSR count). The number of rotatable bonds is 5. The molecule has 0 unspecified atom stereocenters. The molecule has 1 fully saturated rings. The van der Waals surface area contributed by atoms with E-state index >= 15 is 0 Å². The van der Waals surface area contributed by atoms with Crippen molar-refractivity contribution in [3.05, 3.63) is 48.6 Å². The van der Waals surface area contributed by atoms with E-state index in [2.05, 4.69) is 45.5 Å². The van der Waals surface area contributed by atoms with E-state index in [0.29, 0.717) is 18.0 Å². The zero-order valence-corrected chi connectivity index (χ0v) is 16.3. The van der Waals surface area contributed by atoms with Crippen LogP contribution in [0.5, 0.6) is 0 Å². The molecule has 3 heterocycles. The second-order valence-electron chi connectivity index (χ2n) is 8.21. The maximum Gasteiger partial charge on any atom is 0.227 e. The van der Waals surface area contributed by atoms with Crippen molar-refractivity contribution < 1.29 is 4.42 Å². The van der Waals surface area contributed by atoms with Gasteiger partial charge in [0.05, 0.1) is 12.8 Å². The Morgan fingerprint density at radius 1 is 1.15 bits per heavy atom. The highest BCUT2D eigenvalue weighted by molar-refractivity contribution is 5.53. The van der Waals surface area contributed by atoms with E-state index < -0.39 is 0 Å². The van der Waals surface area contributed by atoms with Crippen molar-refractivity contribution in [1.29, 1.82) is 0 Å². The van der Waals surface area contributed by atoms with E-state index in [1.165, 1.54) is 25.7 Å². The molecule has 0 saturated heterocycles. The van der Waals surface area contributed by atoms with Gasteiger partial charge in [-0.05, 0) is 55.4 Å². The Labute approximate surface area is 160 Å². The Balaban J connectivity index is 1.66. The molecule has 0 atom stereocenters. The number of furan rings is 1. The van der Waals surface area contributed by atoms with E-state index in [9.17, 15) is 0 Å². The minimum Gasteiger partial charge on any atom is -0.467 e. The summed E-state index contributed by atoms with van der Waals surface area (Å²) >= 11 is 0. The van der Waals surface area contributed by atoms with Gasteiger partial charge in [-0.2, -0.15) is 0 Å². The smallest absolute Gasteiger partial charge is 0.227 e. The molecule has 27 heavy (non-hydrogen) atoms. The van der Waals surface area contributed by atoms with E-state index in [1.807, 2.05) is 30.3 Å². The van der Waals surface area contributed by atoms with E-state index in [0.717, 1.165) is 23.2 Å². The van der Waals surface area contributed by atoms with Crippen molar-refractivity contribution in [2.75, 3.05) is 11.9 Å². The zero-order chi connectivity index (χ0) is 18.9. The second-order valence-corrected chi connectivity index (χ2v) is 8.21. The fourth-order valence-electron chi connectivity index (χ4n) is 3.88. The summed E-state index contributed by atoms with van der Waals surface area (Å²) in [4.78, 5) is 6.76. The van der Waals surface area contributed by atoms with Crippen molar-refractivity contribution in [1.82, 2.24) is 19.7 Å². The van der Waals surface area contributed by atoms with Crippen LogP contribution in [-0.4, -0.2) is 32.8 Å². The predicted octanol–water partition coefficient (Wildman–Crippen LogP) is 4.39. The van der Waals surface area contributed by atoms with Crippen LogP contribution in [0, 0.1) is 5.41 Å². The third kappa shape index (κ3) is 3.75. The molecule has 0 N–H and O–H groups in total. The van der Waals surface area contributed by atoms with Crippen LogP contribution in [0.3, 0.4) is 0 Å². The number of hydrogen-bond acceptors (Lipinski definition) is 5. The SMILES string of the molecule is CN(c1nnc(-c2ccccn2)n1Cc1ccco1)C1CCC(C)(C)CC1. The number of anilines is 1. The second kappa shape index (κ2) is 7.18. The maximum atomic E-state index is 5.59. The molecule has 6 nitrogen and oxygen atoms in total. The standard InChI is InChI=1S/C21H27N5O/c1-21(2)11-9-16(10-12-21)25(3)20-24-23-19(18-8-4-5-13-22-18)26(20)15-17-7-6-14-27-17/h4-8,13-14,16H,9-12,15H2,1-3H3. The molecule has 0 aromatic carbocycles. The van der Waals surface area contributed by atoms with Gasteiger partial charge < -0.3 is 9.32 Å². The normalized spacial score (nSPS) is 17.1. The van der Waals surface area contributed by atoms with Crippen molar-refractivity contribution in [3.8, 4) is 11.5 Å². The highest BCUT2D eigenvalue weighted by atomic mass is 16.3. The summed E-state index contributed by atoms with van der Waals surface area (Å²) in [6.45, 7) is 5.31. The number of nitrogens with zero attached hydrogens (tertiary/aromatic N) is 5. The van der Waals surface area contributed by atoms with Gasteiger partial charge in [-0.1, -0.05) is 19.9 Å². The van der Waals surface area contributed by atoms with Gasteiger partial charge in [0.25, 0.3) is 0 Å². The van der Waals surface area contributed by atoms with Crippen LogP contribution in [0.2, 0.25) is 0 Å². The Hall–Kier alpha value is -2.63. The maximum absolute atomic E-state index is 5.59. The molecule has 0 bridgehead atoms. The van der Waals surface area contributed by atoms with Gasteiger partial charge in [0, 0.05) is 19.3 Å². The molecule has 3 aromatic rings. The number of hydrogen-bond donors (Lipinski definition) is 0. The van der Waals surface area contributed by atoms with Crippen LogP contribution in [0.4, 0.5) is 5.95 Å². The van der Waals surface area contributed by atoms with E-state index in [1.54, 1.807) is 12.5 Å². The Morgan fingerprint density at radius 2 is 1.96 bits per heavy atom. The van der Waals surface area contributed by atoms with Crippen LogP contribution < -0.4 is 4.90 Å². The van der Waals surface area contributed by atoms with Crippen LogP contribution in [0.15, 0.2) is 47.2 Å². The van der Waals surface area contributed by atoms with Gasteiger partial charge in [0.15, 0.2) is 5.82 Å². The topological polar surface area (TPSA) is 60.0 Å². The van der Waals surface area contributed by atoms with Crippen LogP contribution in [0.25, 0.3) is 11.5 Å². The molecular formula is C21H27N5O. The first-order valence-electron chi connectivity index (χ1n) is 9.63. The quantitative estimate of drug-likeness (QED) is 0.671. The van der Waals surface area contributed by atoms with Gasteiger partial charge in [0.2, 0.25) is 5.95 Å². The average molecular weight is 365 g/mol. The Bertz CT molecular complexity index is 859. The molecule has 0 aliphatic heterocycles. The van der Waals surface area contributed by atoms with Crippen LogP contribution >= 0.6 is 0 Å². The first-order chi connectivity index (χ1) is 13.0. The van der Waals surface area contributed by atoms with E-state index in [4.69, 9.17) is 4.42 Å². The third-order valence-corrected chi connectivity index (χ3v) is 5.69. The molecular weight excluding hydrogens is 338 g/mol. The van der Waals surface area contributed by atoms with Crippen LogP contribution in [-0.2, 0) is 6.54 Å². The summed E-state index contributed by atoms with van der Waals surface area (Å²) in [6.07, 6.45) is 8.31. The first-order valence-corrected chi connectivity index (χ1v) is 9.63. The summed E-state index contributed by atoms with van der Waals surface area (Å²) < 4.78 is 7.70. The third-order valence-electron chi connectivity index (χ3n) is 5.69. The monoisotopic (exact) mass is 365 g/mol. The van der Waals surface area contributed by atoms with Gasteiger partial charge >= 0.3 is 0 Å². The molecule has 6 heteroatoms. The molecule has 1 saturated carbocycles. The molecule has 1 aliphatic carbocycles. The van der Waals surface area contributed by atoms with Gasteiger partial charge in [0.1, 0.15) is 11.5 Å². The number of pyridine rings is 1. The Morgan fingerprint density at radius 3 is 2.63 bits per heavy atom. The lowest BCUT2D eigenvalue weighted by molar-refractivity contribution is 0.221. The van der Waals surface area contributed by atoms with Crippen molar-refractivity contribution in [2.24, 2.45) is 5.41 Å². The van der Waals surface area contributed by atoms with Crippen molar-refractivity contribution in [3.63, 3.8) is 0 Å². The van der Waals surface area contributed by atoms with Crippen LogP contribution in [0.1, 0.15) is 45.3 Å². The van der Waals surface area contributed by atoms with Gasteiger partial charge in [-0.3, -0.25) is 9.55 Å². The molecule has 142 valence electrons. The molecule has 0 amide bonds. The predicted molar refractivity (Wildman–Crippen MR) is 106 cm³/mol. The fraction of sp³-hybridized carbons (Fsp3) is 0.476. The first kappa shape index (κ1) is 17.8. The lowest BCUT2D eigenvalue weighted by atomic mass is 9.75. The summed E-state index contributed by atoms with van der Waals surface area (Å²) in [6, 6.07) is 10.2. The fourth-order valence-corrected chi connectivity index (χ4v) is 3.88. The zero-order valence-electron chi connectivity index (χ0n) is 16.3. The summed E-state index contributed by atoms with van der Waals surface area (Å²) in [5.74, 6) is 2.52. The molecule has 3 aromatic heterocycles. The lowest BCUT2D eigenvalue weighted by Crippen LogP contribution is -2.38. The summed E-state index contributed by atoms with van der Waals surface area (Å²) in [7, 11) is 2.13. The minimum atomic E-state index is 0.443. The highest BCUT2D eigenvalue weighted by Crippen LogP contribution is 2.37. The highest BCUT2D eigenvalue weighted by Gasteiger charge is 2.31. The minimum absolute atomic E-state index is 0.443. The van der Waals surface area contributed by atoms with E-state index in [-0.39, 0.29) is 0 Å². The molecule has 0 spiro atoms. The molecule has 1 aliphatic rings.